The Kier molecular flexibility index (Phi) is 8.91. The minimum Gasteiger partial charge on any atom is -0.466 e. The first-order valence-corrected chi connectivity index (χ1v) is 14.8. The van der Waals surface area contributed by atoms with Crippen LogP contribution in [0.2, 0.25) is 0 Å². The van der Waals surface area contributed by atoms with Crippen molar-refractivity contribution in [2.24, 2.45) is 5.92 Å². The van der Waals surface area contributed by atoms with Crippen molar-refractivity contribution in [3.63, 3.8) is 0 Å². The molecule has 3 fully saturated rings. The number of hydrogen-bond donors (Lipinski definition) is 0. The lowest BCUT2D eigenvalue weighted by molar-refractivity contribution is -0.152. The first-order valence-electron chi connectivity index (χ1n) is 14.8. The van der Waals surface area contributed by atoms with Gasteiger partial charge in [0.2, 0.25) is 5.91 Å². The number of halogens is 1. The van der Waals surface area contributed by atoms with Crippen LogP contribution in [0.25, 0.3) is 0 Å². The molecule has 2 aromatic rings. The number of rotatable bonds is 6. The molecule has 0 aliphatic carbocycles. The van der Waals surface area contributed by atoms with Crippen LogP contribution in [-0.4, -0.2) is 89.6 Å². The predicted octanol–water partition coefficient (Wildman–Crippen LogP) is 3.66. The third kappa shape index (κ3) is 5.90. The lowest BCUT2D eigenvalue weighted by atomic mass is 9.94. The van der Waals surface area contributed by atoms with E-state index in [1.54, 1.807) is 16.7 Å². The second-order valence-corrected chi connectivity index (χ2v) is 11.1. The number of piperidine rings is 2. The van der Waals surface area contributed by atoms with Gasteiger partial charge in [0.25, 0.3) is 11.8 Å². The summed E-state index contributed by atoms with van der Waals surface area (Å²) in [6.45, 7) is 5.63. The number of amides is 3. The molecule has 5 rings (SSSR count). The maximum Gasteiger partial charge on any atom is 0.309 e. The topological polar surface area (TPSA) is 96.5 Å². The minimum atomic E-state index is -1.07. The van der Waals surface area contributed by atoms with Crippen molar-refractivity contribution >= 4 is 23.7 Å². The Labute approximate surface area is 245 Å². The third-order valence-electron chi connectivity index (χ3n) is 8.72. The van der Waals surface area contributed by atoms with Gasteiger partial charge in [-0.1, -0.05) is 19.1 Å². The normalized spacial score (nSPS) is 20.5. The Hall–Kier alpha value is -3.79. The molecule has 3 heterocycles. The van der Waals surface area contributed by atoms with E-state index < -0.39 is 23.5 Å². The van der Waals surface area contributed by atoms with E-state index in [1.807, 2.05) is 24.3 Å². The Morgan fingerprint density at radius 2 is 1.45 bits per heavy atom. The molecule has 1 spiro atoms. The summed E-state index contributed by atoms with van der Waals surface area (Å²) in [6, 6.07) is 12.0. The van der Waals surface area contributed by atoms with Gasteiger partial charge < -0.3 is 19.3 Å². The minimum absolute atomic E-state index is 0.0238. The molecule has 3 aliphatic heterocycles. The summed E-state index contributed by atoms with van der Waals surface area (Å²) in [6.07, 6.45) is 2.55. The molecular weight excluding hydrogens is 541 g/mol. The van der Waals surface area contributed by atoms with E-state index in [0.717, 1.165) is 12.0 Å². The molecule has 9 nitrogen and oxygen atoms in total. The van der Waals surface area contributed by atoms with Crippen molar-refractivity contribution in [1.82, 2.24) is 14.7 Å². The molecule has 0 radical (unpaired) electrons. The molecule has 42 heavy (non-hydrogen) atoms. The Morgan fingerprint density at radius 1 is 0.857 bits per heavy atom. The molecular formula is C32H38FN3O6. The first kappa shape index (κ1) is 29.7. The summed E-state index contributed by atoms with van der Waals surface area (Å²) in [5.41, 5.74) is 0.945. The zero-order chi connectivity index (χ0) is 29.9. The van der Waals surface area contributed by atoms with Gasteiger partial charge in [0, 0.05) is 50.1 Å². The number of ether oxygens (including phenoxy) is 2. The van der Waals surface area contributed by atoms with Crippen LogP contribution in [0, 0.1) is 11.7 Å². The largest absolute Gasteiger partial charge is 0.466 e. The van der Waals surface area contributed by atoms with E-state index in [-0.39, 0.29) is 35.9 Å². The number of esters is 1. The van der Waals surface area contributed by atoms with Crippen LogP contribution in [0.15, 0.2) is 48.5 Å². The number of nitrogens with zero attached hydrogens (tertiary/aromatic N) is 3. The smallest absolute Gasteiger partial charge is 0.309 e. The third-order valence-corrected chi connectivity index (χ3v) is 8.72. The summed E-state index contributed by atoms with van der Waals surface area (Å²) < 4.78 is 25.1. The van der Waals surface area contributed by atoms with Crippen molar-refractivity contribution in [2.45, 2.75) is 57.7 Å². The highest BCUT2D eigenvalue weighted by atomic mass is 19.1. The number of carbonyl (C=O) groups is 4. The standard InChI is InChI=1S/C32H38FN3O6/c1-3-22-5-7-23(8-6-22)28(37)35-19-15-32(16-20-35)36(29(38)24-9-11-26(33)12-10-24)27(21-42-32)30(39)34-17-13-25(14-18-34)31(40)41-4-2/h5-12,25,27H,3-4,13-21H2,1-2H3. The fraction of sp³-hybridized carbons (Fsp3) is 0.500. The lowest BCUT2D eigenvalue weighted by Crippen LogP contribution is -2.60. The molecule has 3 aliphatic rings. The molecule has 0 saturated carbocycles. The van der Waals surface area contributed by atoms with Crippen molar-refractivity contribution in [1.29, 1.82) is 0 Å². The fourth-order valence-electron chi connectivity index (χ4n) is 6.22. The van der Waals surface area contributed by atoms with E-state index in [1.165, 1.54) is 29.2 Å². The van der Waals surface area contributed by atoms with E-state index in [2.05, 4.69) is 6.92 Å². The van der Waals surface area contributed by atoms with Crippen LogP contribution in [-0.2, 0) is 25.5 Å². The Bertz CT molecular complexity index is 1300. The summed E-state index contributed by atoms with van der Waals surface area (Å²) in [5.74, 6) is -1.70. The van der Waals surface area contributed by atoms with Gasteiger partial charge in [-0.25, -0.2) is 4.39 Å². The van der Waals surface area contributed by atoms with E-state index >= 15 is 0 Å². The fourth-order valence-corrected chi connectivity index (χ4v) is 6.22. The average Bonchev–Trinajstić information content (AvgIpc) is 3.39. The second-order valence-electron chi connectivity index (χ2n) is 11.1. The van der Waals surface area contributed by atoms with Crippen molar-refractivity contribution in [3.05, 3.63) is 71.0 Å². The highest BCUT2D eigenvalue weighted by Crippen LogP contribution is 2.39. The zero-order valence-corrected chi connectivity index (χ0v) is 24.2. The molecule has 224 valence electrons. The maximum absolute atomic E-state index is 14.0. The SMILES string of the molecule is CCOC(=O)C1CCN(C(=O)C2COC3(CCN(C(=O)c4ccc(CC)cc4)CC3)N2C(=O)c2ccc(F)cc2)CC1. The molecule has 0 N–H and O–H groups in total. The quantitative estimate of drug-likeness (QED) is 0.485. The van der Waals surface area contributed by atoms with Gasteiger partial charge in [-0.3, -0.25) is 24.1 Å². The van der Waals surface area contributed by atoms with Crippen LogP contribution in [0.5, 0.6) is 0 Å². The van der Waals surface area contributed by atoms with Gasteiger partial charge in [0.1, 0.15) is 17.6 Å². The van der Waals surface area contributed by atoms with E-state index in [4.69, 9.17) is 9.47 Å². The molecule has 3 amide bonds. The zero-order valence-electron chi connectivity index (χ0n) is 24.2. The summed E-state index contributed by atoms with van der Waals surface area (Å²) in [7, 11) is 0. The van der Waals surface area contributed by atoms with Crippen LogP contribution in [0.4, 0.5) is 4.39 Å². The number of carbonyl (C=O) groups excluding carboxylic acids is 4. The van der Waals surface area contributed by atoms with Crippen LogP contribution < -0.4 is 0 Å². The van der Waals surface area contributed by atoms with Crippen molar-refractivity contribution < 1.29 is 33.0 Å². The molecule has 0 aromatic heterocycles. The highest BCUT2D eigenvalue weighted by molar-refractivity contribution is 5.98. The molecule has 10 heteroatoms. The lowest BCUT2D eigenvalue weighted by Gasteiger charge is -2.45. The number of hydrogen-bond acceptors (Lipinski definition) is 6. The van der Waals surface area contributed by atoms with Gasteiger partial charge in [-0.2, -0.15) is 0 Å². The molecule has 2 aromatic carbocycles. The van der Waals surface area contributed by atoms with Gasteiger partial charge in [-0.15, -0.1) is 0 Å². The summed E-state index contributed by atoms with van der Waals surface area (Å²) in [4.78, 5) is 58.2. The van der Waals surface area contributed by atoms with Gasteiger partial charge in [0.05, 0.1) is 19.1 Å². The number of likely N-dealkylation sites (tertiary alicyclic amines) is 2. The maximum atomic E-state index is 14.0. The van der Waals surface area contributed by atoms with Crippen LogP contribution in [0.3, 0.4) is 0 Å². The van der Waals surface area contributed by atoms with E-state index in [0.29, 0.717) is 64.0 Å². The summed E-state index contributed by atoms with van der Waals surface area (Å²) >= 11 is 0. The van der Waals surface area contributed by atoms with Crippen molar-refractivity contribution in [3.8, 4) is 0 Å². The summed E-state index contributed by atoms with van der Waals surface area (Å²) in [5, 5.41) is 0. The van der Waals surface area contributed by atoms with Gasteiger partial charge >= 0.3 is 5.97 Å². The van der Waals surface area contributed by atoms with Gasteiger partial charge in [0.15, 0.2) is 0 Å². The van der Waals surface area contributed by atoms with Gasteiger partial charge in [-0.05, 0) is 68.1 Å². The second kappa shape index (κ2) is 12.6. The monoisotopic (exact) mass is 579 g/mol. The van der Waals surface area contributed by atoms with Crippen LogP contribution in [0.1, 0.15) is 65.8 Å². The molecule has 1 unspecified atom stereocenters. The molecule has 1 atom stereocenters. The number of benzene rings is 2. The average molecular weight is 580 g/mol. The predicted molar refractivity (Wildman–Crippen MR) is 152 cm³/mol. The molecule has 0 bridgehead atoms. The highest BCUT2D eigenvalue weighted by Gasteiger charge is 2.55. The van der Waals surface area contributed by atoms with E-state index in [9.17, 15) is 23.6 Å². The Balaban J connectivity index is 1.33. The Morgan fingerprint density at radius 3 is 2.05 bits per heavy atom. The van der Waals surface area contributed by atoms with Crippen LogP contribution >= 0.6 is 0 Å². The van der Waals surface area contributed by atoms with Crippen molar-refractivity contribution in [2.75, 3.05) is 39.4 Å². The first-order chi connectivity index (χ1) is 20.3. The number of aryl methyl sites for hydroxylation is 1. The molecule has 3 saturated heterocycles.